The van der Waals surface area contributed by atoms with Crippen LogP contribution in [0, 0.1) is 0 Å². The summed E-state index contributed by atoms with van der Waals surface area (Å²) < 4.78 is 2.24. The number of aromatic nitrogens is 5. The van der Waals surface area contributed by atoms with Crippen LogP contribution in [0.5, 0.6) is 0 Å². The zero-order valence-electron chi connectivity index (χ0n) is 19.6. The molecule has 0 radical (unpaired) electrons. The fourth-order valence-corrected chi connectivity index (χ4v) is 5.44. The lowest BCUT2D eigenvalue weighted by atomic mass is 10.1. The second-order valence-corrected chi connectivity index (χ2v) is 9.87. The van der Waals surface area contributed by atoms with E-state index < -0.39 is 0 Å². The second kappa shape index (κ2) is 9.20. The zero-order chi connectivity index (χ0) is 23.8. The number of piperazine rings is 1. The van der Waals surface area contributed by atoms with E-state index in [4.69, 9.17) is 15.7 Å². The van der Waals surface area contributed by atoms with Gasteiger partial charge < -0.3 is 25.4 Å². The van der Waals surface area contributed by atoms with Crippen LogP contribution in [0.25, 0.3) is 22.6 Å². The number of fused-ring (bicyclic) bond motifs is 1. The first-order chi connectivity index (χ1) is 17.1. The van der Waals surface area contributed by atoms with Gasteiger partial charge >= 0.3 is 0 Å². The number of anilines is 4. The van der Waals surface area contributed by atoms with Gasteiger partial charge in [-0.2, -0.15) is 0 Å². The molecule has 35 heavy (non-hydrogen) atoms. The van der Waals surface area contributed by atoms with Crippen molar-refractivity contribution in [1.29, 1.82) is 0 Å². The molecule has 1 aromatic carbocycles. The molecule has 5 heterocycles. The molecule has 2 aliphatic heterocycles. The Kier molecular flexibility index (Phi) is 5.75. The summed E-state index contributed by atoms with van der Waals surface area (Å²) in [5.74, 6) is 2.53. The van der Waals surface area contributed by atoms with Crippen LogP contribution in [-0.4, -0.2) is 68.4 Å². The Morgan fingerprint density at radius 2 is 1.86 bits per heavy atom. The van der Waals surface area contributed by atoms with E-state index in [0.29, 0.717) is 11.6 Å². The number of thioether (sulfide) groups is 1. The van der Waals surface area contributed by atoms with Gasteiger partial charge in [0.1, 0.15) is 5.82 Å². The van der Waals surface area contributed by atoms with Gasteiger partial charge in [0.25, 0.3) is 0 Å². The highest BCUT2D eigenvalue weighted by Crippen LogP contribution is 2.38. The molecule has 10 heteroatoms. The van der Waals surface area contributed by atoms with Crippen LogP contribution in [0.4, 0.5) is 23.1 Å². The Morgan fingerprint density at radius 3 is 2.66 bits per heavy atom. The third-order valence-corrected chi connectivity index (χ3v) is 7.32. The Hall–Kier alpha value is -3.63. The molecule has 0 aliphatic carbocycles. The number of hydrogen-bond acceptors (Lipinski definition) is 9. The molecule has 0 atom stereocenters. The molecule has 0 amide bonds. The number of imidazole rings is 1. The molecule has 3 N–H and O–H groups in total. The average Bonchev–Trinajstić information content (AvgIpc) is 3.47. The number of pyridine rings is 1. The summed E-state index contributed by atoms with van der Waals surface area (Å²) in [5, 5.41) is 4.32. The maximum absolute atomic E-state index is 6.06. The molecule has 1 fully saturated rings. The number of benzene rings is 1. The fraction of sp³-hybridized carbons (Fsp3) is 0.280. The lowest BCUT2D eigenvalue weighted by Gasteiger charge is -2.33. The molecule has 2 aliphatic rings. The van der Waals surface area contributed by atoms with Gasteiger partial charge in [-0.05, 0) is 37.4 Å². The van der Waals surface area contributed by atoms with E-state index in [2.05, 4.69) is 42.8 Å². The number of nitrogens with zero attached hydrogens (tertiary/aromatic N) is 7. The highest BCUT2D eigenvalue weighted by Gasteiger charge is 2.25. The van der Waals surface area contributed by atoms with E-state index in [1.807, 2.05) is 42.6 Å². The van der Waals surface area contributed by atoms with Gasteiger partial charge in [-0.3, -0.25) is 0 Å². The van der Waals surface area contributed by atoms with E-state index in [1.165, 1.54) is 0 Å². The number of rotatable bonds is 5. The number of hydrogen-bond donors (Lipinski definition) is 2. The number of likely N-dealkylation sites (N-methyl/N-ethyl adjacent to an activating group) is 1. The molecular formula is C25H27N9S. The minimum absolute atomic E-state index is 0.524. The largest absolute Gasteiger partial charge is 0.399 e. The van der Waals surface area contributed by atoms with E-state index >= 15 is 0 Å². The van der Waals surface area contributed by atoms with Crippen molar-refractivity contribution >= 4 is 34.9 Å². The third kappa shape index (κ3) is 4.42. The molecule has 178 valence electrons. The van der Waals surface area contributed by atoms with Gasteiger partial charge in [0.2, 0.25) is 5.95 Å². The lowest BCUT2D eigenvalue weighted by molar-refractivity contribution is 0.312. The van der Waals surface area contributed by atoms with Crippen molar-refractivity contribution in [2.45, 2.75) is 11.7 Å². The number of nitrogens with one attached hydrogen (secondary N) is 1. The SMILES string of the molecule is CN1CCN(c2ccc(Nc3nccc(-c4c(-c5cccc(N)c5)nc5n4CCS5)n3)cn2)CC1. The predicted octanol–water partition coefficient (Wildman–Crippen LogP) is 3.59. The van der Waals surface area contributed by atoms with Gasteiger partial charge in [0.15, 0.2) is 5.16 Å². The number of nitrogens with two attached hydrogens (primary N) is 1. The van der Waals surface area contributed by atoms with Crippen LogP contribution < -0.4 is 16.0 Å². The predicted molar refractivity (Wildman–Crippen MR) is 141 cm³/mol. The molecule has 9 nitrogen and oxygen atoms in total. The first-order valence-corrected chi connectivity index (χ1v) is 12.7. The fourth-order valence-electron chi connectivity index (χ4n) is 4.49. The van der Waals surface area contributed by atoms with Crippen molar-refractivity contribution in [2.75, 3.05) is 54.9 Å². The average molecular weight is 486 g/mol. The van der Waals surface area contributed by atoms with Crippen molar-refractivity contribution in [3.8, 4) is 22.6 Å². The summed E-state index contributed by atoms with van der Waals surface area (Å²) in [5.41, 5.74) is 11.3. The third-order valence-electron chi connectivity index (χ3n) is 6.37. The molecular weight excluding hydrogens is 458 g/mol. The minimum Gasteiger partial charge on any atom is -0.399 e. The van der Waals surface area contributed by atoms with Crippen molar-refractivity contribution in [3.63, 3.8) is 0 Å². The van der Waals surface area contributed by atoms with Gasteiger partial charge in [0.05, 0.1) is 29.0 Å². The summed E-state index contributed by atoms with van der Waals surface area (Å²) in [7, 11) is 2.15. The van der Waals surface area contributed by atoms with Crippen LogP contribution in [0.2, 0.25) is 0 Å². The molecule has 4 aromatic rings. The minimum atomic E-state index is 0.524. The highest BCUT2D eigenvalue weighted by atomic mass is 32.2. The van der Waals surface area contributed by atoms with E-state index in [0.717, 1.165) is 77.8 Å². The Bertz CT molecular complexity index is 1340. The standard InChI is InChI=1S/C25H27N9S/c1-32-9-11-33(12-10-32)21-6-5-19(16-28-21)29-24-27-8-7-20(30-24)23-22(17-3-2-4-18(26)15-17)31-25-34(23)13-14-35-25/h2-8,15-16H,9-14,26H2,1H3,(H,27,29,30). The second-order valence-electron chi connectivity index (χ2n) is 8.80. The topological polar surface area (TPSA) is 101 Å². The molecule has 1 saturated heterocycles. The van der Waals surface area contributed by atoms with Crippen LogP contribution >= 0.6 is 11.8 Å². The summed E-state index contributed by atoms with van der Waals surface area (Å²) in [6.45, 7) is 4.98. The zero-order valence-corrected chi connectivity index (χ0v) is 20.4. The first kappa shape index (κ1) is 21.9. The molecule has 0 unspecified atom stereocenters. The van der Waals surface area contributed by atoms with Crippen molar-refractivity contribution < 1.29 is 0 Å². The summed E-state index contributed by atoms with van der Waals surface area (Å²) in [4.78, 5) is 23.5. The van der Waals surface area contributed by atoms with Crippen molar-refractivity contribution in [2.24, 2.45) is 0 Å². The van der Waals surface area contributed by atoms with Crippen LogP contribution in [-0.2, 0) is 6.54 Å². The highest BCUT2D eigenvalue weighted by molar-refractivity contribution is 7.99. The van der Waals surface area contributed by atoms with Crippen LogP contribution in [0.15, 0.2) is 60.0 Å². The van der Waals surface area contributed by atoms with Gasteiger partial charge in [-0.15, -0.1) is 0 Å². The Morgan fingerprint density at radius 1 is 0.971 bits per heavy atom. The Labute approximate surface area is 208 Å². The summed E-state index contributed by atoms with van der Waals surface area (Å²) in [6.07, 6.45) is 3.62. The van der Waals surface area contributed by atoms with Gasteiger partial charge in [-0.1, -0.05) is 23.9 Å². The normalized spacial score (nSPS) is 15.9. The maximum atomic E-state index is 6.06. The molecule has 0 bridgehead atoms. The van der Waals surface area contributed by atoms with E-state index in [1.54, 1.807) is 18.0 Å². The monoisotopic (exact) mass is 485 g/mol. The van der Waals surface area contributed by atoms with E-state index in [-0.39, 0.29) is 0 Å². The quantitative estimate of drug-likeness (QED) is 0.411. The van der Waals surface area contributed by atoms with E-state index in [9.17, 15) is 0 Å². The molecule has 0 spiro atoms. The summed E-state index contributed by atoms with van der Waals surface area (Å²) in [6, 6.07) is 13.9. The van der Waals surface area contributed by atoms with Crippen LogP contribution in [0.3, 0.4) is 0 Å². The molecule has 6 rings (SSSR count). The Balaban J connectivity index is 1.28. The summed E-state index contributed by atoms with van der Waals surface area (Å²) >= 11 is 1.76. The van der Waals surface area contributed by atoms with Crippen molar-refractivity contribution in [1.82, 2.24) is 29.4 Å². The number of nitrogen functional groups attached to an aromatic ring is 1. The van der Waals surface area contributed by atoms with Gasteiger partial charge in [0, 0.05) is 55.9 Å². The lowest BCUT2D eigenvalue weighted by Crippen LogP contribution is -2.44. The molecule has 0 saturated carbocycles. The smallest absolute Gasteiger partial charge is 0.227 e. The van der Waals surface area contributed by atoms with Crippen LogP contribution in [0.1, 0.15) is 0 Å². The van der Waals surface area contributed by atoms with Crippen molar-refractivity contribution in [3.05, 3.63) is 54.9 Å². The first-order valence-electron chi connectivity index (χ1n) is 11.7. The maximum Gasteiger partial charge on any atom is 0.227 e. The molecule has 3 aromatic heterocycles. The van der Waals surface area contributed by atoms with Gasteiger partial charge in [-0.25, -0.2) is 19.9 Å².